The Hall–Kier alpha value is -1.97. The van der Waals surface area contributed by atoms with Crippen LogP contribution in [0.25, 0.3) is 0 Å². The van der Waals surface area contributed by atoms with Crippen molar-refractivity contribution in [2.75, 3.05) is 7.11 Å². The number of nitrogens with one attached hydrogen (secondary N) is 1. The van der Waals surface area contributed by atoms with Crippen LogP contribution in [0.3, 0.4) is 0 Å². The van der Waals surface area contributed by atoms with Gasteiger partial charge in [0.2, 0.25) is 5.91 Å². The molecule has 0 aromatic rings. The second-order valence-corrected chi connectivity index (χ2v) is 6.94. The number of nitrogens with zero attached hydrogens (tertiary/aromatic N) is 1. The van der Waals surface area contributed by atoms with Crippen LogP contribution in [0.2, 0.25) is 0 Å². The van der Waals surface area contributed by atoms with Crippen LogP contribution in [0, 0.1) is 24.2 Å². The van der Waals surface area contributed by atoms with Crippen molar-refractivity contribution in [1.82, 2.24) is 5.43 Å². The summed E-state index contributed by atoms with van der Waals surface area (Å²) in [6.07, 6.45) is 12.7. The predicted molar refractivity (Wildman–Crippen MR) is 96.7 cm³/mol. The third kappa shape index (κ3) is 3.92. The second-order valence-electron chi connectivity index (χ2n) is 6.25. The first-order valence-electron chi connectivity index (χ1n) is 7.83. The number of rotatable bonds is 4. The van der Waals surface area contributed by atoms with Crippen LogP contribution < -0.4 is 5.43 Å². The molecule has 3 atom stereocenters. The summed E-state index contributed by atoms with van der Waals surface area (Å²) in [5.41, 5.74) is 3.74. The minimum absolute atomic E-state index is 0.0606. The number of hydrogen-bond donors (Lipinski definition) is 1. The summed E-state index contributed by atoms with van der Waals surface area (Å²) in [6, 6.07) is 0. The minimum Gasteiger partial charge on any atom is -0.373 e. The average Bonchev–Trinajstić information content (AvgIpc) is 2.56. The van der Waals surface area contributed by atoms with E-state index in [2.05, 4.69) is 16.4 Å². The molecule has 0 radical (unpaired) electrons. The first-order chi connectivity index (χ1) is 11.4. The highest BCUT2D eigenvalue weighted by Crippen LogP contribution is 2.31. The number of carbonyl (C=O) groups is 1. The van der Waals surface area contributed by atoms with E-state index < -0.39 is 5.60 Å². The average molecular weight is 346 g/mol. The first kappa shape index (κ1) is 18.4. The Morgan fingerprint density at radius 2 is 2.42 bits per heavy atom. The van der Waals surface area contributed by atoms with Crippen molar-refractivity contribution < 1.29 is 13.7 Å². The molecule has 24 heavy (non-hydrogen) atoms. The van der Waals surface area contributed by atoms with Crippen molar-refractivity contribution in [2.24, 2.45) is 16.9 Å². The van der Waals surface area contributed by atoms with Crippen LogP contribution >= 0.6 is 0 Å². The highest BCUT2D eigenvalue weighted by Gasteiger charge is 2.34. The van der Waals surface area contributed by atoms with Crippen molar-refractivity contribution in [3.63, 3.8) is 0 Å². The Labute approximate surface area is 146 Å². The number of hydrazone groups is 1. The van der Waals surface area contributed by atoms with E-state index in [1.807, 2.05) is 32.1 Å². The molecule has 0 saturated carbocycles. The van der Waals surface area contributed by atoms with E-state index in [0.717, 1.165) is 16.1 Å². The van der Waals surface area contributed by atoms with Crippen molar-refractivity contribution in [3.8, 4) is 12.3 Å². The van der Waals surface area contributed by atoms with Gasteiger partial charge in [0.15, 0.2) is 0 Å². The Balaban J connectivity index is 2.29. The van der Waals surface area contributed by atoms with Crippen LogP contribution in [-0.4, -0.2) is 33.4 Å². The van der Waals surface area contributed by atoms with E-state index in [-0.39, 0.29) is 17.7 Å². The normalized spacial score (nSPS) is 30.4. The van der Waals surface area contributed by atoms with E-state index in [9.17, 15) is 9.00 Å². The van der Waals surface area contributed by atoms with Crippen LogP contribution in [0.1, 0.15) is 33.1 Å². The summed E-state index contributed by atoms with van der Waals surface area (Å²) in [7, 11) is 1.61. The molecule has 0 aromatic carbocycles. The van der Waals surface area contributed by atoms with Crippen LogP contribution in [0.5, 0.6) is 0 Å². The molecule has 0 saturated heterocycles. The molecule has 1 N–H and O–H groups in total. The summed E-state index contributed by atoms with van der Waals surface area (Å²) in [5, 5.41) is 4.16. The molecule has 5 nitrogen and oxygen atoms in total. The lowest BCUT2D eigenvalue weighted by Crippen LogP contribution is -2.37. The van der Waals surface area contributed by atoms with Gasteiger partial charge in [-0.15, -0.1) is 12.3 Å². The maximum absolute atomic E-state index is 11.6. The van der Waals surface area contributed by atoms with Gasteiger partial charge in [-0.2, -0.15) is 5.10 Å². The second kappa shape index (κ2) is 7.73. The van der Waals surface area contributed by atoms with Gasteiger partial charge in [0, 0.05) is 43.1 Å². The van der Waals surface area contributed by atoms with Gasteiger partial charge in [0.25, 0.3) is 0 Å². The fourth-order valence-electron chi connectivity index (χ4n) is 3.08. The lowest BCUT2D eigenvalue weighted by atomic mass is 9.81. The first-order valence-corrected chi connectivity index (χ1v) is 8.57. The third-order valence-corrected chi connectivity index (χ3v) is 5.09. The van der Waals surface area contributed by atoms with Crippen molar-refractivity contribution in [2.45, 2.75) is 38.7 Å². The minimum atomic E-state index is -0.594. The SMILES string of the molecule is C#CCC1(OC)C=CC(C=C(C)C2=NNC(=O)CC2C)C(=S=O)C1. The molecule has 2 rings (SSSR count). The van der Waals surface area contributed by atoms with Gasteiger partial charge >= 0.3 is 0 Å². The van der Waals surface area contributed by atoms with Crippen molar-refractivity contribution >= 4 is 27.7 Å². The monoisotopic (exact) mass is 346 g/mol. The smallest absolute Gasteiger partial charge is 0.240 e. The van der Waals surface area contributed by atoms with Gasteiger partial charge in [0.05, 0.1) is 17.0 Å². The molecular weight excluding hydrogens is 324 g/mol. The molecule has 0 spiro atoms. The number of ether oxygens (including phenoxy) is 1. The summed E-state index contributed by atoms with van der Waals surface area (Å²) in [5.74, 6) is 2.51. The van der Waals surface area contributed by atoms with Gasteiger partial charge in [-0.25, -0.2) is 9.63 Å². The summed E-state index contributed by atoms with van der Waals surface area (Å²) < 4.78 is 17.1. The third-order valence-electron chi connectivity index (χ3n) is 4.46. The van der Waals surface area contributed by atoms with Gasteiger partial charge in [-0.05, 0) is 12.5 Å². The Bertz CT molecular complexity index is 710. The number of methoxy groups -OCH3 is 1. The molecular formula is C18H22N2O3S. The molecule has 1 amide bonds. The highest BCUT2D eigenvalue weighted by molar-refractivity contribution is 7.66. The molecule has 128 valence electrons. The largest absolute Gasteiger partial charge is 0.373 e. The molecule has 6 heteroatoms. The molecule has 3 unspecified atom stereocenters. The number of carbonyl (C=O) groups excluding carboxylic acids is 1. The summed E-state index contributed by atoms with van der Waals surface area (Å²) in [4.78, 5) is 12.1. The van der Waals surface area contributed by atoms with Gasteiger partial charge in [-0.3, -0.25) is 4.79 Å². The highest BCUT2D eigenvalue weighted by atomic mass is 32.1. The van der Waals surface area contributed by atoms with Gasteiger partial charge in [-0.1, -0.05) is 25.2 Å². The zero-order valence-corrected chi connectivity index (χ0v) is 15.0. The van der Waals surface area contributed by atoms with Crippen LogP contribution in [-0.2, 0) is 20.8 Å². The van der Waals surface area contributed by atoms with Crippen molar-refractivity contribution in [1.29, 1.82) is 0 Å². The zero-order valence-electron chi connectivity index (χ0n) is 14.2. The van der Waals surface area contributed by atoms with Crippen LogP contribution in [0.15, 0.2) is 28.9 Å². The standard InChI is InChI=1S/C18H22N2O3S/c1-5-7-18(23-4)8-6-14(15(11-18)24-22)9-12(2)17-13(3)10-16(21)19-20-17/h1,6,8-9,13-14H,7,10-11H2,2-4H3,(H,19,21). The number of hydrogen-bond acceptors (Lipinski definition) is 4. The number of allylic oxidation sites excluding steroid dienone is 3. The molecule has 1 aliphatic carbocycles. The summed E-state index contributed by atoms with van der Waals surface area (Å²) >= 11 is 0.500. The van der Waals surface area contributed by atoms with E-state index >= 15 is 0 Å². The fraction of sp³-hybridized carbons (Fsp3) is 0.500. The Morgan fingerprint density at radius 3 is 3.00 bits per heavy atom. The molecule has 1 aliphatic heterocycles. The van der Waals surface area contributed by atoms with E-state index in [4.69, 9.17) is 11.2 Å². The lowest BCUT2D eigenvalue weighted by molar-refractivity contribution is -0.121. The van der Waals surface area contributed by atoms with Gasteiger partial charge < -0.3 is 4.74 Å². The Kier molecular flexibility index (Phi) is 5.92. The van der Waals surface area contributed by atoms with E-state index in [0.29, 0.717) is 30.5 Å². The number of amides is 1. The van der Waals surface area contributed by atoms with E-state index in [1.165, 1.54) is 0 Å². The predicted octanol–water partition coefficient (Wildman–Crippen LogP) is 1.81. The molecule has 0 aromatic heterocycles. The Morgan fingerprint density at radius 1 is 1.67 bits per heavy atom. The molecule has 2 aliphatic rings. The quantitative estimate of drug-likeness (QED) is 0.480. The fourth-order valence-corrected chi connectivity index (χ4v) is 3.64. The summed E-state index contributed by atoms with van der Waals surface area (Å²) in [6.45, 7) is 3.93. The maximum Gasteiger partial charge on any atom is 0.240 e. The zero-order chi connectivity index (χ0) is 17.7. The van der Waals surface area contributed by atoms with Crippen LogP contribution in [0.4, 0.5) is 0 Å². The van der Waals surface area contributed by atoms with E-state index in [1.54, 1.807) is 7.11 Å². The lowest BCUT2D eigenvalue weighted by Gasteiger charge is -2.33. The van der Waals surface area contributed by atoms with Gasteiger partial charge in [0.1, 0.15) is 5.60 Å². The molecule has 0 fully saturated rings. The topological polar surface area (TPSA) is 67.8 Å². The number of terminal acetylenes is 1. The maximum atomic E-state index is 11.6. The van der Waals surface area contributed by atoms with Crippen molar-refractivity contribution in [3.05, 3.63) is 23.8 Å². The molecule has 1 heterocycles. The molecule has 0 bridgehead atoms.